The minimum atomic E-state index is -1.00. The second kappa shape index (κ2) is 5.49. The Balaban J connectivity index is 2.84. The first-order chi connectivity index (χ1) is 7.56. The molecule has 2 N–H and O–H groups in total. The summed E-state index contributed by atoms with van der Waals surface area (Å²) in [4.78, 5) is 14.8. The van der Waals surface area contributed by atoms with E-state index >= 15 is 0 Å². The summed E-state index contributed by atoms with van der Waals surface area (Å²) in [5.74, 6) is -0.513. The van der Waals surface area contributed by atoms with E-state index in [0.29, 0.717) is 11.6 Å². The highest BCUT2D eigenvalue weighted by Crippen LogP contribution is 2.17. The lowest BCUT2D eigenvalue weighted by Crippen LogP contribution is -2.24. The van der Waals surface area contributed by atoms with Crippen LogP contribution in [0.3, 0.4) is 0 Å². The Bertz CT molecular complexity index is 366. The largest absolute Gasteiger partial charge is 0.476 e. The van der Waals surface area contributed by atoms with Crippen LogP contribution < -0.4 is 5.32 Å². The molecule has 0 amide bonds. The molecule has 4 heteroatoms. The summed E-state index contributed by atoms with van der Waals surface area (Å²) < 4.78 is 0. The van der Waals surface area contributed by atoms with E-state index in [2.05, 4.69) is 24.1 Å². The number of hydrogen-bond acceptors (Lipinski definition) is 3. The smallest absolute Gasteiger partial charge is 0.356 e. The van der Waals surface area contributed by atoms with Gasteiger partial charge in [0.2, 0.25) is 0 Å². The van der Waals surface area contributed by atoms with Gasteiger partial charge in [0.05, 0.1) is 5.69 Å². The van der Waals surface area contributed by atoms with Crippen molar-refractivity contribution in [2.45, 2.75) is 33.2 Å². The van der Waals surface area contributed by atoms with Crippen LogP contribution in [0.4, 0.5) is 5.69 Å². The van der Waals surface area contributed by atoms with Crippen molar-refractivity contribution in [3.05, 3.63) is 24.0 Å². The maximum absolute atomic E-state index is 10.9. The topological polar surface area (TPSA) is 62.2 Å². The van der Waals surface area contributed by atoms with Gasteiger partial charge in [-0.05, 0) is 25.0 Å². The van der Waals surface area contributed by atoms with Gasteiger partial charge in [0.25, 0.3) is 0 Å². The van der Waals surface area contributed by atoms with Crippen LogP contribution in [-0.2, 0) is 0 Å². The molecular formula is C12H18N2O2. The Hall–Kier alpha value is -1.58. The van der Waals surface area contributed by atoms with Crippen LogP contribution in [0.25, 0.3) is 0 Å². The van der Waals surface area contributed by atoms with Gasteiger partial charge < -0.3 is 10.4 Å². The molecule has 0 radical (unpaired) electrons. The molecule has 1 aromatic heterocycles. The molecule has 0 saturated carbocycles. The van der Waals surface area contributed by atoms with E-state index in [1.165, 1.54) is 6.20 Å². The molecule has 2 unspecified atom stereocenters. The van der Waals surface area contributed by atoms with E-state index in [9.17, 15) is 4.79 Å². The van der Waals surface area contributed by atoms with E-state index in [4.69, 9.17) is 5.11 Å². The van der Waals surface area contributed by atoms with Gasteiger partial charge in [-0.1, -0.05) is 20.3 Å². The van der Waals surface area contributed by atoms with Crippen LogP contribution in [0.1, 0.15) is 37.7 Å². The summed E-state index contributed by atoms with van der Waals surface area (Å²) >= 11 is 0. The van der Waals surface area contributed by atoms with Crippen LogP contribution >= 0.6 is 0 Å². The van der Waals surface area contributed by atoms with Gasteiger partial charge >= 0.3 is 5.97 Å². The average Bonchev–Trinajstić information content (AvgIpc) is 2.28. The summed E-state index contributed by atoms with van der Waals surface area (Å²) in [6.45, 7) is 6.30. The number of pyridine rings is 1. The molecule has 0 saturated heterocycles. The Morgan fingerprint density at radius 2 is 2.25 bits per heavy atom. The molecular weight excluding hydrogens is 204 g/mol. The number of anilines is 1. The summed E-state index contributed by atoms with van der Waals surface area (Å²) in [6, 6.07) is 3.71. The van der Waals surface area contributed by atoms with Gasteiger partial charge in [0.15, 0.2) is 5.69 Å². The number of carboxylic acids is 1. The Morgan fingerprint density at radius 3 is 2.81 bits per heavy atom. The van der Waals surface area contributed by atoms with Crippen LogP contribution in [0.2, 0.25) is 0 Å². The maximum atomic E-state index is 10.9. The average molecular weight is 222 g/mol. The van der Waals surface area contributed by atoms with Gasteiger partial charge in [-0.2, -0.15) is 0 Å². The fraction of sp³-hybridized carbons (Fsp3) is 0.500. The van der Waals surface area contributed by atoms with Gasteiger partial charge in [-0.3, -0.25) is 0 Å². The Kier molecular flexibility index (Phi) is 4.28. The van der Waals surface area contributed by atoms with E-state index in [1.807, 2.05) is 6.92 Å². The fourth-order valence-corrected chi connectivity index (χ4v) is 1.43. The molecule has 4 nitrogen and oxygen atoms in total. The summed E-state index contributed by atoms with van der Waals surface area (Å²) in [6.07, 6.45) is 2.54. The lowest BCUT2D eigenvalue weighted by atomic mass is 10.0. The molecule has 1 heterocycles. The molecule has 2 atom stereocenters. The molecule has 0 fully saturated rings. The minimum Gasteiger partial charge on any atom is -0.476 e. The van der Waals surface area contributed by atoms with E-state index < -0.39 is 5.97 Å². The number of carboxylic acid groups (broad SMARTS) is 1. The van der Waals surface area contributed by atoms with Gasteiger partial charge in [-0.15, -0.1) is 0 Å². The van der Waals surface area contributed by atoms with Crippen molar-refractivity contribution < 1.29 is 9.90 Å². The normalized spacial score (nSPS) is 14.2. The minimum absolute atomic E-state index is 0.0812. The predicted molar refractivity (Wildman–Crippen MR) is 63.7 cm³/mol. The van der Waals surface area contributed by atoms with Crippen molar-refractivity contribution in [2.24, 2.45) is 5.92 Å². The van der Waals surface area contributed by atoms with Crippen molar-refractivity contribution in [1.29, 1.82) is 0 Å². The Morgan fingerprint density at radius 1 is 1.56 bits per heavy atom. The van der Waals surface area contributed by atoms with Crippen LogP contribution in [0.15, 0.2) is 18.3 Å². The number of aromatic carboxylic acids is 1. The van der Waals surface area contributed by atoms with E-state index in [-0.39, 0.29) is 11.7 Å². The van der Waals surface area contributed by atoms with Crippen molar-refractivity contribution in [2.75, 3.05) is 5.32 Å². The number of carbonyl (C=O) groups is 1. The molecule has 1 aromatic rings. The van der Waals surface area contributed by atoms with Crippen molar-refractivity contribution in [1.82, 2.24) is 4.98 Å². The first kappa shape index (κ1) is 12.5. The van der Waals surface area contributed by atoms with Crippen molar-refractivity contribution in [3.8, 4) is 0 Å². The summed E-state index contributed by atoms with van der Waals surface area (Å²) in [7, 11) is 0. The third kappa shape index (κ3) is 2.95. The first-order valence-corrected chi connectivity index (χ1v) is 5.51. The quantitative estimate of drug-likeness (QED) is 0.804. The molecule has 1 rings (SSSR count). The number of nitrogens with one attached hydrogen (secondary N) is 1. The monoisotopic (exact) mass is 222 g/mol. The van der Waals surface area contributed by atoms with Gasteiger partial charge in [0.1, 0.15) is 0 Å². The van der Waals surface area contributed by atoms with E-state index in [1.54, 1.807) is 12.1 Å². The van der Waals surface area contributed by atoms with E-state index in [0.717, 1.165) is 6.42 Å². The van der Waals surface area contributed by atoms with Gasteiger partial charge in [-0.25, -0.2) is 9.78 Å². The first-order valence-electron chi connectivity index (χ1n) is 5.51. The number of aromatic nitrogens is 1. The molecule has 0 spiro atoms. The third-order valence-corrected chi connectivity index (χ3v) is 2.89. The molecule has 0 aliphatic carbocycles. The maximum Gasteiger partial charge on any atom is 0.356 e. The highest BCUT2D eigenvalue weighted by molar-refractivity contribution is 5.91. The second-order valence-corrected chi connectivity index (χ2v) is 4.02. The zero-order valence-corrected chi connectivity index (χ0v) is 9.90. The molecule has 88 valence electrons. The fourth-order valence-electron chi connectivity index (χ4n) is 1.43. The van der Waals surface area contributed by atoms with Gasteiger partial charge in [0, 0.05) is 12.2 Å². The van der Waals surface area contributed by atoms with Crippen molar-refractivity contribution >= 4 is 11.7 Å². The Labute approximate surface area is 95.7 Å². The molecule has 0 aliphatic heterocycles. The standard InChI is InChI=1S/C12H18N2O2/c1-4-8(2)9(3)14-10-6-5-7-13-11(10)12(15)16/h5-9,14H,4H2,1-3H3,(H,15,16). The molecule has 0 aromatic carbocycles. The highest BCUT2D eigenvalue weighted by Gasteiger charge is 2.15. The predicted octanol–water partition coefficient (Wildman–Crippen LogP) is 2.63. The molecule has 0 bridgehead atoms. The van der Waals surface area contributed by atoms with Crippen LogP contribution in [-0.4, -0.2) is 22.1 Å². The van der Waals surface area contributed by atoms with Crippen LogP contribution in [0.5, 0.6) is 0 Å². The lowest BCUT2D eigenvalue weighted by molar-refractivity contribution is 0.0691. The second-order valence-electron chi connectivity index (χ2n) is 4.02. The number of hydrogen-bond donors (Lipinski definition) is 2. The lowest BCUT2D eigenvalue weighted by Gasteiger charge is -2.21. The zero-order chi connectivity index (χ0) is 12.1. The highest BCUT2D eigenvalue weighted by atomic mass is 16.4. The molecule has 0 aliphatic rings. The van der Waals surface area contributed by atoms with Crippen molar-refractivity contribution in [3.63, 3.8) is 0 Å². The number of rotatable bonds is 5. The number of nitrogens with zero attached hydrogens (tertiary/aromatic N) is 1. The molecule has 16 heavy (non-hydrogen) atoms. The third-order valence-electron chi connectivity index (χ3n) is 2.89. The summed E-state index contributed by atoms with van der Waals surface area (Å²) in [5.41, 5.74) is 0.667. The SMILES string of the molecule is CCC(C)C(C)Nc1cccnc1C(=O)O. The van der Waals surface area contributed by atoms with Crippen LogP contribution in [0, 0.1) is 5.92 Å². The summed E-state index contributed by atoms with van der Waals surface area (Å²) in [5, 5.41) is 12.2. The zero-order valence-electron chi connectivity index (χ0n) is 9.90.